The van der Waals surface area contributed by atoms with Crippen LogP contribution in [0.1, 0.15) is 20.9 Å². The van der Waals surface area contributed by atoms with Crippen molar-refractivity contribution >= 4 is 17.2 Å². The molecule has 1 aromatic heterocycles. The van der Waals surface area contributed by atoms with E-state index in [-0.39, 0.29) is 5.56 Å². The summed E-state index contributed by atoms with van der Waals surface area (Å²) in [5.74, 6) is -0.923. The van der Waals surface area contributed by atoms with Gasteiger partial charge in [0, 0.05) is 11.6 Å². The molecule has 0 saturated carbocycles. The van der Waals surface area contributed by atoms with Crippen LogP contribution in [0.3, 0.4) is 0 Å². The molecule has 17 heavy (non-hydrogen) atoms. The molecule has 0 saturated heterocycles. The highest BCUT2D eigenvalue weighted by Crippen LogP contribution is 2.10. The average Bonchev–Trinajstić information content (AvgIpc) is 2.82. The van der Waals surface area contributed by atoms with Crippen molar-refractivity contribution in [2.75, 3.05) is 0 Å². The summed E-state index contributed by atoms with van der Waals surface area (Å²) in [6, 6.07) is 4.47. The highest BCUT2D eigenvalue weighted by Gasteiger charge is 2.11. The number of hydrogen-bond acceptors (Lipinski definition) is 3. The van der Waals surface area contributed by atoms with Crippen LogP contribution in [0.5, 0.6) is 0 Å². The Balaban J connectivity index is 2.07. The molecule has 1 amide bonds. The van der Waals surface area contributed by atoms with Crippen LogP contribution < -0.4 is 5.32 Å². The van der Waals surface area contributed by atoms with Gasteiger partial charge in [0.05, 0.1) is 12.1 Å². The molecular formula is C12H11FN2OS. The Morgan fingerprint density at radius 3 is 3.06 bits per heavy atom. The summed E-state index contributed by atoms with van der Waals surface area (Å²) in [6.07, 6.45) is 1.67. The third-order valence-electron chi connectivity index (χ3n) is 2.25. The van der Waals surface area contributed by atoms with Crippen molar-refractivity contribution in [1.29, 1.82) is 0 Å². The normalized spacial score (nSPS) is 10.2. The molecule has 0 aliphatic carbocycles. The molecule has 2 aromatic rings. The highest BCUT2D eigenvalue weighted by atomic mass is 32.1. The Hall–Kier alpha value is -1.75. The van der Waals surface area contributed by atoms with Gasteiger partial charge in [-0.05, 0) is 19.1 Å². The molecule has 5 heteroatoms. The first kappa shape index (κ1) is 11.7. The fraction of sp³-hybridized carbons (Fsp3) is 0.167. The standard InChI is InChI=1S/C12H11FN2OS/c1-8-2-3-10(13)9(6-8)12(16)15-7-11-14-4-5-17-11/h2-6H,7H2,1H3,(H,15,16). The van der Waals surface area contributed by atoms with Gasteiger partial charge < -0.3 is 5.32 Å². The molecule has 1 N–H and O–H groups in total. The molecule has 0 aliphatic heterocycles. The maximum atomic E-state index is 13.4. The third kappa shape index (κ3) is 2.88. The number of aromatic nitrogens is 1. The predicted octanol–water partition coefficient (Wildman–Crippen LogP) is 2.52. The summed E-state index contributed by atoms with van der Waals surface area (Å²) in [7, 11) is 0. The van der Waals surface area contributed by atoms with Gasteiger partial charge in [-0.25, -0.2) is 9.37 Å². The number of carbonyl (C=O) groups is 1. The van der Waals surface area contributed by atoms with E-state index in [2.05, 4.69) is 10.3 Å². The maximum absolute atomic E-state index is 13.4. The van der Waals surface area contributed by atoms with E-state index in [0.29, 0.717) is 6.54 Å². The molecule has 1 aromatic carbocycles. The Labute approximate surface area is 102 Å². The quantitative estimate of drug-likeness (QED) is 0.909. The highest BCUT2D eigenvalue weighted by molar-refractivity contribution is 7.09. The molecule has 0 radical (unpaired) electrons. The summed E-state index contributed by atoms with van der Waals surface area (Å²) >= 11 is 1.45. The van der Waals surface area contributed by atoms with Gasteiger partial charge >= 0.3 is 0 Å². The summed E-state index contributed by atoms with van der Waals surface area (Å²) < 4.78 is 13.4. The van der Waals surface area contributed by atoms with Crippen molar-refractivity contribution in [2.45, 2.75) is 13.5 Å². The molecular weight excluding hydrogens is 239 g/mol. The first-order valence-electron chi connectivity index (χ1n) is 5.09. The lowest BCUT2D eigenvalue weighted by molar-refractivity contribution is 0.0946. The monoisotopic (exact) mass is 250 g/mol. The molecule has 0 spiro atoms. The van der Waals surface area contributed by atoms with Gasteiger partial charge in [0.15, 0.2) is 0 Å². The van der Waals surface area contributed by atoms with E-state index in [0.717, 1.165) is 10.6 Å². The van der Waals surface area contributed by atoms with Crippen LogP contribution in [-0.2, 0) is 6.54 Å². The smallest absolute Gasteiger partial charge is 0.254 e. The lowest BCUT2D eigenvalue weighted by Gasteiger charge is -2.05. The molecule has 0 aliphatic rings. The van der Waals surface area contributed by atoms with Crippen LogP contribution in [0.15, 0.2) is 29.8 Å². The van der Waals surface area contributed by atoms with Crippen LogP contribution >= 0.6 is 11.3 Å². The zero-order chi connectivity index (χ0) is 12.3. The number of aryl methyl sites for hydroxylation is 1. The van der Waals surface area contributed by atoms with E-state index in [1.54, 1.807) is 12.3 Å². The molecule has 0 bridgehead atoms. The lowest BCUT2D eigenvalue weighted by Crippen LogP contribution is -2.23. The number of benzene rings is 1. The molecule has 2 rings (SSSR count). The molecule has 1 heterocycles. The minimum absolute atomic E-state index is 0.0709. The van der Waals surface area contributed by atoms with Crippen LogP contribution in [-0.4, -0.2) is 10.9 Å². The van der Waals surface area contributed by atoms with Gasteiger partial charge in [0.1, 0.15) is 10.8 Å². The number of rotatable bonds is 3. The molecule has 0 atom stereocenters. The van der Waals surface area contributed by atoms with Crippen molar-refractivity contribution < 1.29 is 9.18 Å². The average molecular weight is 250 g/mol. The van der Waals surface area contributed by atoms with Crippen molar-refractivity contribution in [3.63, 3.8) is 0 Å². The molecule has 0 unspecified atom stereocenters. The fourth-order valence-corrected chi connectivity index (χ4v) is 1.96. The second-order valence-electron chi connectivity index (χ2n) is 3.59. The van der Waals surface area contributed by atoms with E-state index in [4.69, 9.17) is 0 Å². The zero-order valence-corrected chi connectivity index (χ0v) is 10.1. The number of halogens is 1. The van der Waals surface area contributed by atoms with E-state index < -0.39 is 11.7 Å². The van der Waals surface area contributed by atoms with Gasteiger partial charge in [0.25, 0.3) is 5.91 Å². The molecule has 0 fully saturated rings. The molecule has 3 nitrogen and oxygen atoms in total. The number of nitrogens with zero attached hydrogens (tertiary/aromatic N) is 1. The van der Waals surface area contributed by atoms with Crippen LogP contribution in [0.4, 0.5) is 4.39 Å². The summed E-state index contributed by atoms with van der Waals surface area (Å²) in [4.78, 5) is 15.8. The van der Waals surface area contributed by atoms with Crippen molar-refractivity contribution in [1.82, 2.24) is 10.3 Å². The van der Waals surface area contributed by atoms with Gasteiger partial charge in [-0.2, -0.15) is 0 Å². The van der Waals surface area contributed by atoms with Crippen LogP contribution in [0, 0.1) is 12.7 Å². The largest absolute Gasteiger partial charge is 0.345 e. The van der Waals surface area contributed by atoms with Crippen molar-refractivity contribution in [3.8, 4) is 0 Å². The number of nitrogens with one attached hydrogen (secondary N) is 1. The predicted molar refractivity (Wildman–Crippen MR) is 64.4 cm³/mol. The van der Waals surface area contributed by atoms with Gasteiger partial charge in [-0.1, -0.05) is 11.6 Å². The SMILES string of the molecule is Cc1ccc(F)c(C(=O)NCc2nccs2)c1. The number of hydrogen-bond donors (Lipinski definition) is 1. The first-order valence-corrected chi connectivity index (χ1v) is 5.97. The number of amides is 1. The van der Waals surface area contributed by atoms with Gasteiger partial charge in [-0.3, -0.25) is 4.79 Å². The Morgan fingerprint density at radius 1 is 1.53 bits per heavy atom. The maximum Gasteiger partial charge on any atom is 0.254 e. The first-order chi connectivity index (χ1) is 8.16. The Kier molecular flexibility index (Phi) is 3.49. The molecule has 88 valence electrons. The summed E-state index contributed by atoms with van der Waals surface area (Å²) in [5, 5.41) is 5.26. The van der Waals surface area contributed by atoms with Crippen molar-refractivity contribution in [3.05, 3.63) is 51.7 Å². The third-order valence-corrected chi connectivity index (χ3v) is 3.03. The minimum atomic E-state index is -0.507. The number of thiazole rings is 1. The Bertz CT molecular complexity index is 525. The zero-order valence-electron chi connectivity index (χ0n) is 9.24. The minimum Gasteiger partial charge on any atom is -0.345 e. The fourth-order valence-electron chi connectivity index (χ4n) is 1.40. The second-order valence-corrected chi connectivity index (χ2v) is 4.57. The second kappa shape index (κ2) is 5.05. The van der Waals surface area contributed by atoms with Gasteiger partial charge in [0.2, 0.25) is 0 Å². The summed E-state index contributed by atoms with van der Waals surface area (Å²) in [5.41, 5.74) is 0.923. The number of carbonyl (C=O) groups excluding carboxylic acids is 1. The Morgan fingerprint density at radius 2 is 2.35 bits per heavy atom. The van der Waals surface area contributed by atoms with Crippen LogP contribution in [0.25, 0.3) is 0 Å². The summed E-state index contributed by atoms with van der Waals surface area (Å²) in [6.45, 7) is 2.14. The van der Waals surface area contributed by atoms with Crippen LogP contribution in [0.2, 0.25) is 0 Å². The van der Waals surface area contributed by atoms with E-state index in [1.807, 2.05) is 12.3 Å². The van der Waals surface area contributed by atoms with E-state index in [9.17, 15) is 9.18 Å². The van der Waals surface area contributed by atoms with E-state index in [1.165, 1.54) is 23.5 Å². The van der Waals surface area contributed by atoms with Crippen molar-refractivity contribution in [2.24, 2.45) is 0 Å². The van der Waals surface area contributed by atoms with Gasteiger partial charge in [-0.15, -0.1) is 11.3 Å². The topological polar surface area (TPSA) is 42.0 Å². The lowest BCUT2D eigenvalue weighted by atomic mass is 10.1. The van der Waals surface area contributed by atoms with E-state index >= 15 is 0 Å².